The van der Waals surface area contributed by atoms with Gasteiger partial charge in [0.15, 0.2) is 0 Å². The summed E-state index contributed by atoms with van der Waals surface area (Å²) in [6, 6.07) is 3.99. The monoisotopic (exact) mass is 248 g/mol. The predicted molar refractivity (Wildman–Crippen MR) is 69.0 cm³/mol. The minimum absolute atomic E-state index is 0.174. The summed E-state index contributed by atoms with van der Waals surface area (Å²) in [5.74, 6) is -0.899. The Morgan fingerprint density at radius 2 is 2.39 bits per heavy atom. The van der Waals surface area contributed by atoms with E-state index in [2.05, 4.69) is 16.0 Å². The van der Waals surface area contributed by atoms with Gasteiger partial charge >= 0.3 is 5.97 Å². The van der Waals surface area contributed by atoms with Crippen LogP contribution in [0.5, 0.6) is 0 Å². The lowest BCUT2D eigenvalue weighted by molar-refractivity contribution is -0.149. The molecule has 1 aliphatic rings. The van der Waals surface area contributed by atoms with Crippen molar-refractivity contribution in [3.63, 3.8) is 0 Å². The van der Waals surface area contributed by atoms with Gasteiger partial charge in [0.1, 0.15) is 0 Å². The maximum absolute atomic E-state index is 11.2. The van der Waals surface area contributed by atoms with Gasteiger partial charge in [-0.1, -0.05) is 19.9 Å². The zero-order chi connectivity index (χ0) is 13.2. The maximum Gasteiger partial charge on any atom is 0.307 e. The van der Waals surface area contributed by atoms with Crippen molar-refractivity contribution in [3.05, 3.63) is 30.1 Å². The van der Waals surface area contributed by atoms with Gasteiger partial charge in [-0.05, 0) is 30.0 Å². The predicted octanol–water partition coefficient (Wildman–Crippen LogP) is 2.01. The summed E-state index contributed by atoms with van der Waals surface area (Å²) in [4.78, 5) is 17.6. The van der Waals surface area contributed by atoms with E-state index < -0.39 is 5.97 Å². The molecule has 0 radical (unpaired) electrons. The standard InChI is InChI=1S/C14H20N2O2/c1-14(2)10-16(7-5-12(14)13(17)18)9-11-4-3-6-15-8-11/h3-4,6,8,12H,5,7,9-10H2,1-2H3,(H,17,18). The number of carboxylic acid groups (broad SMARTS) is 1. The Morgan fingerprint density at radius 3 is 2.94 bits per heavy atom. The number of carboxylic acids is 1. The van der Waals surface area contributed by atoms with E-state index in [1.807, 2.05) is 26.1 Å². The van der Waals surface area contributed by atoms with Gasteiger partial charge in [0.25, 0.3) is 0 Å². The first-order chi connectivity index (χ1) is 8.49. The van der Waals surface area contributed by atoms with E-state index >= 15 is 0 Å². The average Bonchev–Trinajstić information content (AvgIpc) is 2.28. The van der Waals surface area contributed by atoms with Gasteiger partial charge in [-0.2, -0.15) is 0 Å². The molecule has 0 aromatic carbocycles. The molecule has 1 aliphatic heterocycles. The van der Waals surface area contributed by atoms with Crippen molar-refractivity contribution < 1.29 is 9.90 Å². The summed E-state index contributed by atoms with van der Waals surface area (Å²) in [5.41, 5.74) is 1.01. The van der Waals surface area contributed by atoms with Gasteiger partial charge in [-0.15, -0.1) is 0 Å². The number of hydrogen-bond acceptors (Lipinski definition) is 3. The molecule has 1 aromatic heterocycles. The van der Waals surface area contributed by atoms with Crippen molar-refractivity contribution in [2.75, 3.05) is 13.1 Å². The molecular formula is C14H20N2O2. The van der Waals surface area contributed by atoms with E-state index in [9.17, 15) is 9.90 Å². The molecule has 1 N–H and O–H groups in total. The van der Waals surface area contributed by atoms with Gasteiger partial charge in [-0.25, -0.2) is 0 Å². The molecule has 1 saturated heterocycles. The second-order valence-electron chi connectivity index (χ2n) is 5.74. The first-order valence-corrected chi connectivity index (χ1v) is 6.33. The Morgan fingerprint density at radius 1 is 1.61 bits per heavy atom. The summed E-state index contributed by atoms with van der Waals surface area (Å²) >= 11 is 0. The summed E-state index contributed by atoms with van der Waals surface area (Å²) < 4.78 is 0. The zero-order valence-electron chi connectivity index (χ0n) is 11.0. The highest BCUT2D eigenvalue weighted by Gasteiger charge is 2.40. The summed E-state index contributed by atoms with van der Waals surface area (Å²) in [6.07, 6.45) is 4.36. The van der Waals surface area contributed by atoms with E-state index in [4.69, 9.17) is 0 Å². The van der Waals surface area contributed by atoms with Crippen LogP contribution in [0, 0.1) is 11.3 Å². The normalized spacial score (nSPS) is 23.8. The third-order valence-corrected chi connectivity index (χ3v) is 3.74. The lowest BCUT2D eigenvalue weighted by Gasteiger charge is -2.42. The summed E-state index contributed by atoms with van der Waals surface area (Å²) in [7, 11) is 0. The van der Waals surface area contributed by atoms with Crippen LogP contribution < -0.4 is 0 Å². The summed E-state index contributed by atoms with van der Waals surface area (Å²) in [5, 5.41) is 9.22. The first-order valence-electron chi connectivity index (χ1n) is 6.33. The van der Waals surface area contributed by atoms with Crippen molar-refractivity contribution >= 4 is 5.97 Å². The Balaban J connectivity index is 2.01. The van der Waals surface area contributed by atoms with Crippen molar-refractivity contribution in [2.45, 2.75) is 26.8 Å². The number of carbonyl (C=O) groups is 1. The third kappa shape index (κ3) is 2.88. The van der Waals surface area contributed by atoms with Gasteiger partial charge in [0.05, 0.1) is 5.92 Å². The van der Waals surface area contributed by atoms with Crippen molar-refractivity contribution in [1.82, 2.24) is 9.88 Å². The molecule has 1 unspecified atom stereocenters. The maximum atomic E-state index is 11.2. The smallest absolute Gasteiger partial charge is 0.307 e. The lowest BCUT2D eigenvalue weighted by Crippen LogP contribution is -2.47. The minimum atomic E-state index is -0.666. The highest BCUT2D eigenvalue weighted by Crippen LogP contribution is 2.35. The van der Waals surface area contributed by atoms with Crippen LogP contribution in [0.2, 0.25) is 0 Å². The zero-order valence-corrected chi connectivity index (χ0v) is 11.0. The second kappa shape index (κ2) is 5.06. The fourth-order valence-electron chi connectivity index (χ4n) is 2.81. The van der Waals surface area contributed by atoms with Gasteiger partial charge in [-0.3, -0.25) is 14.7 Å². The lowest BCUT2D eigenvalue weighted by atomic mass is 9.74. The number of aliphatic carboxylic acids is 1. The van der Waals surface area contributed by atoms with E-state index in [0.717, 1.165) is 26.1 Å². The molecular weight excluding hydrogens is 228 g/mol. The number of rotatable bonds is 3. The van der Waals surface area contributed by atoms with Crippen LogP contribution in [0.3, 0.4) is 0 Å². The molecule has 0 bridgehead atoms. The fourth-order valence-corrected chi connectivity index (χ4v) is 2.81. The highest BCUT2D eigenvalue weighted by molar-refractivity contribution is 5.71. The molecule has 1 fully saturated rings. The molecule has 18 heavy (non-hydrogen) atoms. The molecule has 0 spiro atoms. The Bertz CT molecular complexity index is 417. The topological polar surface area (TPSA) is 53.4 Å². The minimum Gasteiger partial charge on any atom is -0.481 e. The number of hydrogen-bond donors (Lipinski definition) is 1. The third-order valence-electron chi connectivity index (χ3n) is 3.74. The second-order valence-corrected chi connectivity index (χ2v) is 5.74. The molecule has 0 saturated carbocycles. The highest BCUT2D eigenvalue weighted by atomic mass is 16.4. The van der Waals surface area contributed by atoms with Gasteiger partial charge in [0.2, 0.25) is 0 Å². The fraction of sp³-hybridized carbons (Fsp3) is 0.571. The van der Waals surface area contributed by atoms with E-state index in [1.165, 1.54) is 5.56 Å². The molecule has 4 heteroatoms. The molecule has 98 valence electrons. The number of nitrogens with zero attached hydrogens (tertiary/aromatic N) is 2. The number of likely N-dealkylation sites (tertiary alicyclic amines) is 1. The van der Waals surface area contributed by atoms with Crippen molar-refractivity contribution in [3.8, 4) is 0 Å². The van der Waals surface area contributed by atoms with Crippen LogP contribution >= 0.6 is 0 Å². The van der Waals surface area contributed by atoms with Crippen molar-refractivity contribution in [2.24, 2.45) is 11.3 Å². The number of aromatic nitrogens is 1. The molecule has 2 rings (SSSR count). The number of piperidine rings is 1. The Kier molecular flexibility index (Phi) is 3.66. The van der Waals surface area contributed by atoms with E-state index in [0.29, 0.717) is 0 Å². The average molecular weight is 248 g/mol. The van der Waals surface area contributed by atoms with Crippen molar-refractivity contribution in [1.29, 1.82) is 0 Å². The Hall–Kier alpha value is -1.42. The largest absolute Gasteiger partial charge is 0.481 e. The van der Waals surface area contributed by atoms with Crippen LogP contribution in [-0.2, 0) is 11.3 Å². The number of pyridine rings is 1. The van der Waals surface area contributed by atoms with Crippen LogP contribution in [0.15, 0.2) is 24.5 Å². The van der Waals surface area contributed by atoms with Crippen LogP contribution in [0.25, 0.3) is 0 Å². The molecule has 2 heterocycles. The summed E-state index contributed by atoms with van der Waals surface area (Å²) in [6.45, 7) is 6.60. The molecule has 1 atom stereocenters. The van der Waals surface area contributed by atoms with Gasteiger partial charge in [0, 0.05) is 25.5 Å². The first kappa shape index (κ1) is 13.0. The van der Waals surface area contributed by atoms with Crippen LogP contribution in [-0.4, -0.2) is 34.0 Å². The van der Waals surface area contributed by atoms with Crippen LogP contribution in [0.1, 0.15) is 25.8 Å². The van der Waals surface area contributed by atoms with E-state index in [1.54, 1.807) is 6.20 Å². The SMILES string of the molecule is CC1(C)CN(Cc2cccnc2)CCC1C(=O)O. The molecule has 0 aliphatic carbocycles. The molecule has 4 nitrogen and oxygen atoms in total. The molecule has 1 aromatic rings. The quantitative estimate of drug-likeness (QED) is 0.889. The molecule has 0 amide bonds. The van der Waals surface area contributed by atoms with Gasteiger partial charge < -0.3 is 5.11 Å². The van der Waals surface area contributed by atoms with E-state index in [-0.39, 0.29) is 11.3 Å². The Labute approximate surface area is 108 Å². The van der Waals surface area contributed by atoms with Crippen LogP contribution in [0.4, 0.5) is 0 Å².